The topological polar surface area (TPSA) is 4.93 Å². The van der Waals surface area contributed by atoms with Crippen LogP contribution in [0.3, 0.4) is 0 Å². The number of hydrogen-bond donors (Lipinski definition) is 0. The summed E-state index contributed by atoms with van der Waals surface area (Å²) in [6.45, 7) is 5.06. The molecule has 0 aliphatic rings. The highest BCUT2D eigenvalue weighted by Gasteiger charge is 2.11. The Morgan fingerprint density at radius 2 is 0.833 bits per heavy atom. The number of nitrogens with zero attached hydrogens (tertiary/aromatic N) is 1. The zero-order valence-corrected chi connectivity index (χ0v) is 29.2. The molecule has 0 bridgehead atoms. The molecule has 0 amide bonds. The van der Waals surface area contributed by atoms with E-state index in [1.165, 1.54) is 88.2 Å². The first-order valence-electron chi connectivity index (χ1n) is 18.4. The van der Waals surface area contributed by atoms with E-state index in [1.54, 1.807) is 0 Å². The molecule has 0 atom stereocenters. The van der Waals surface area contributed by atoms with Crippen molar-refractivity contribution >= 4 is 21.8 Å². The van der Waals surface area contributed by atoms with Crippen LogP contribution in [0.15, 0.2) is 84.9 Å². The number of rotatable bonds is 15. The smallest absolute Gasteiger partial charge is 0.0841 e. The number of benzene rings is 4. The number of aryl methyl sites for hydroxylation is 2. The van der Waals surface area contributed by atoms with Crippen LogP contribution in [0.2, 0.25) is 0 Å². The molecule has 0 fully saturated rings. The second-order valence-corrected chi connectivity index (χ2v) is 13.2. The van der Waals surface area contributed by atoms with Crippen LogP contribution in [0, 0.1) is 36.0 Å². The fourth-order valence-corrected chi connectivity index (χ4v) is 6.54. The van der Waals surface area contributed by atoms with Gasteiger partial charge in [0, 0.05) is 33.0 Å². The van der Waals surface area contributed by atoms with E-state index in [0.29, 0.717) is 6.54 Å². The predicted octanol–water partition coefficient (Wildman–Crippen LogP) is 12.0. The molecule has 0 spiro atoms. The lowest BCUT2D eigenvalue weighted by Gasteiger charge is -2.03. The molecule has 0 unspecified atom stereocenters. The summed E-state index contributed by atoms with van der Waals surface area (Å²) in [7, 11) is 0. The van der Waals surface area contributed by atoms with Crippen LogP contribution in [0.1, 0.15) is 124 Å². The van der Waals surface area contributed by atoms with Gasteiger partial charge in [-0.05, 0) is 97.5 Å². The lowest BCUT2D eigenvalue weighted by molar-refractivity contribution is 0.607. The third-order valence-electron chi connectivity index (χ3n) is 9.36. The average Bonchev–Trinajstić information content (AvgIpc) is 3.42. The first kappa shape index (κ1) is 34.7. The second-order valence-electron chi connectivity index (χ2n) is 13.2. The van der Waals surface area contributed by atoms with E-state index in [0.717, 1.165) is 56.9 Å². The first-order valence-corrected chi connectivity index (χ1v) is 18.4. The van der Waals surface area contributed by atoms with Gasteiger partial charge in [-0.1, -0.05) is 132 Å². The van der Waals surface area contributed by atoms with Crippen LogP contribution in [0.5, 0.6) is 0 Å². The van der Waals surface area contributed by atoms with E-state index >= 15 is 0 Å². The van der Waals surface area contributed by atoms with E-state index in [4.69, 9.17) is 6.42 Å². The van der Waals surface area contributed by atoms with E-state index in [9.17, 15) is 0 Å². The maximum absolute atomic E-state index is 5.79. The average molecular weight is 630 g/mol. The van der Waals surface area contributed by atoms with Gasteiger partial charge in [0.15, 0.2) is 0 Å². The quantitative estimate of drug-likeness (QED) is 0.0802. The summed E-state index contributed by atoms with van der Waals surface area (Å²) < 4.78 is 2.21. The zero-order chi connectivity index (χ0) is 33.4. The van der Waals surface area contributed by atoms with Crippen molar-refractivity contribution in [3.8, 4) is 36.0 Å². The van der Waals surface area contributed by atoms with Gasteiger partial charge < -0.3 is 4.57 Å². The number of hydrogen-bond acceptors (Lipinski definition) is 0. The predicted molar refractivity (Wildman–Crippen MR) is 207 cm³/mol. The fraction of sp³-hybridized carbons (Fsp3) is 0.362. The van der Waals surface area contributed by atoms with Gasteiger partial charge in [-0.15, -0.1) is 6.42 Å². The molecule has 0 N–H and O–H groups in total. The van der Waals surface area contributed by atoms with Crippen molar-refractivity contribution in [2.24, 2.45) is 0 Å². The monoisotopic (exact) mass is 629 g/mol. The molecule has 0 aliphatic heterocycles. The highest BCUT2D eigenvalue weighted by molar-refractivity contribution is 6.09. The Morgan fingerprint density at radius 1 is 0.458 bits per heavy atom. The van der Waals surface area contributed by atoms with E-state index in [2.05, 4.69) is 133 Å². The summed E-state index contributed by atoms with van der Waals surface area (Å²) in [5.74, 6) is 16.4. The van der Waals surface area contributed by atoms with Gasteiger partial charge in [-0.25, -0.2) is 0 Å². The summed E-state index contributed by atoms with van der Waals surface area (Å²) in [5, 5.41) is 2.31. The molecular weight excluding hydrogens is 579 g/mol. The van der Waals surface area contributed by atoms with Gasteiger partial charge in [0.2, 0.25) is 0 Å². The SMILES string of the molecule is C#CCn1c2ccc(C#Cc3ccc(CCCCCCCC)cc3)cc2c2cc(C#Cc3ccc(CCCCCCCC)cc3)ccc21. The number of fused-ring (bicyclic) bond motifs is 3. The molecule has 244 valence electrons. The number of terminal acetylenes is 1. The summed E-state index contributed by atoms with van der Waals surface area (Å²) in [5.41, 5.74) is 9.13. The van der Waals surface area contributed by atoms with Crippen molar-refractivity contribution in [1.29, 1.82) is 0 Å². The second kappa shape index (κ2) is 18.6. The highest BCUT2D eigenvalue weighted by Crippen LogP contribution is 2.30. The molecule has 1 heteroatoms. The highest BCUT2D eigenvalue weighted by atomic mass is 15.0. The van der Waals surface area contributed by atoms with Crippen LogP contribution >= 0.6 is 0 Å². The molecule has 1 heterocycles. The Kier molecular flexibility index (Phi) is 13.5. The van der Waals surface area contributed by atoms with Crippen molar-refractivity contribution < 1.29 is 0 Å². The van der Waals surface area contributed by atoms with Crippen LogP contribution in [0.25, 0.3) is 21.8 Å². The standard InChI is InChI=1S/C47H51N/c1-4-7-9-11-13-15-17-38-19-23-40(24-20-38)27-29-42-31-33-46-44(36-42)45-37-43(32-34-47(45)48(46)35-6-3)30-28-41-25-21-39(22-26-41)18-16-14-12-10-8-5-2/h3,19-26,31-34,36-37H,4-5,7-18,35H2,1-2H3. The minimum atomic E-state index is 0.520. The Bertz CT molecular complexity index is 1790. The Balaban J connectivity index is 1.28. The minimum absolute atomic E-state index is 0.520. The van der Waals surface area contributed by atoms with Gasteiger partial charge in [0.05, 0.1) is 17.6 Å². The summed E-state index contributed by atoms with van der Waals surface area (Å²) in [6.07, 6.45) is 24.0. The largest absolute Gasteiger partial charge is 0.329 e. The molecule has 0 saturated heterocycles. The Labute approximate surface area is 290 Å². The molecular formula is C47H51N. The Hall–Kier alpha value is -4.64. The fourth-order valence-electron chi connectivity index (χ4n) is 6.54. The van der Waals surface area contributed by atoms with Crippen molar-refractivity contribution in [1.82, 2.24) is 4.57 Å². The number of unbranched alkanes of at least 4 members (excludes halogenated alkanes) is 10. The summed E-state index contributed by atoms with van der Waals surface area (Å²) in [6, 6.07) is 30.5. The van der Waals surface area contributed by atoms with Crippen molar-refractivity contribution in [3.05, 3.63) is 118 Å². The van der Waals surface area contributed by atoms with Gasteiger partial charge in [-0.3, -0.25) is 0 Å². The van der Waals surface area contributed by atoms with Crippen molar-refractivity contribution in [3.63, 3.8) is 0 Å². The van der Waals surface area contributed by atoms with Gasteiger partial charge >= 0.3 is 0 Å². The summed E-state index contributed by atoms with van der Waals surface area (Å²) in [4.78, 5) is 0. The van der Waals surface area contributed by atoms with Crippen LogP contribution < -0.4 is 0 Å². The molecule has 48 heavy (non-hydrogen) atoms. The number of aromatic nitrogens is 1. The van der Waals surface area contributed by atoms with Crippen LogP contribution in [0.4, 0.5) is 0 Å². The lowest BCUT2D eigenvalue weighted by atomic mass is 10.0. The van der Waals surface area contributed by atoms with Crippen molar-refractivity contribution in [2.75, 3.05) is 0 Å². The van der Waals surface area contributed by atoms with E-state index < -0.39 is 0 Å². The molecule has 1 aromatic heterocycles. The minimum Gasteiger partial charge on any atom is -0.329 e. The van der Waals surface area contributed by atoms with Gasteiger partial charge in [-0.2, -0.15) is 0 Å². The zero-order valence-electron chi connectivity index (χ0n) is 29.2. The van der Waals surface area contributed by atoms with E-state index in [1.807, 2.05) is 0 Å². The third-order valence-corrected chi connectivity index (χ3v) is 9.36. The van der Waals surface area contributed by atoms with Crippen molar-refractivity contribution in [2.45, 2.75) is 110 Å². The molecule has 0 aliphatic carbocycles. The third kappa shape index (κ3) is 9.93. The van der Waals surface area contributed by atoms with Crippen LogP contribution in [-0.2, 0) is 19.4 Å². The molecule has 0 radical (unpaired) electrons. The molecule has 0 saturated carbocycles. The molecule has 1 nitrogen and oxygen atoms in total. The Morgan fingerprint density at radius 3 is 1.25 bits per heavy atom. The van der Waals surface area contributed by atoms with E-state index in [-0.39, 0.29) is 0 Å². The maximum Gasteiger partial charge on any atom is 0.0841 e. The molecule has 5 rings (SSSR count). The maximum atomic E-state index is 5.79. The molecule has 4 aromatic carbocycles. The van der Waals surface area contributed by atoms with Gasteiger partial charge in [0.25, 0.3) is 0 Å². The van der Waals surface area contributed by atoms with Crippen LogP contribution in [-0.4, -0.2) is 4.57 Å². The van der Waals surface area contributed by atoms with Gasteiger partial charge in [0.1, 0.15) is 0 Å². The summed E-state index contributed by atoms with van der Waals surface area (Å²) >= 11 is 0. The lowest BCUT2D eigenvalue weighted by Crippen LogP contribution is -1.94. The normalized spacial score (nSPS) is 10.8. The first-order chi connectivity index (χ1) is 23.7. The molecule has 5 aromatic rings.